The molecule has 0 saturated carbocycles. The summed E-state index contributed by atoms with van der Waals surface area (Å²) < 4.78 is 7.38. The van der Waals surface area contributed by atoms with Crippen molar-refractivity contribution < 1.29 is 14.6 Å². The zero-order valence-electron chi connectivity index (χ0n) is 9.17. The van der Waals surface area contributed by atoms with Gasteiger partial charge in [0, 0.05) is 6.61 Å². The third-order valence-corrected chi connectivity index (χ3v) is 3.06. The molecular weight excluding hydrogens is 220 g/mol. The molecule has 1 saturated heterocycles. The summed E-state index contributed by atoms with van der Waals surface area (Å²) >= 11 is 0. The highest BCUT2D eigenvalue weighted by atomic mass is 16.5. The lowest BCUT2D eigenvalue weighted by Crippen LogP contribution is -2.30. The number of carboxylic acid groups (broad SMARTS) is 1. The van der Waals surface area contributed by atoms with Crippen LogP contribution in [-0.2, 0) is 11.3 Å². The van der Waals surface area contributed by atoms with Gasteiger partial charge < -0.3 is 14.4 Å². The maximum absolute atomic E-state index is 10.8. The van der Waals surface area contributed by atoms with Gasteiger partial charge >= 0.3 is 5.97 Å². The van der Waals surface area contributed by atoms with Crippen molar-refractivity contribution in [2.24, 2.45) is 0 Å². The van der Waals surface area contributed by atoms with Crippen LogP contribution in [0, 0.1) is 0 Å². The summed E-state index contributed by atoms with van der Waals surface area (Å²) in [5.41, 5.74) is 1.93. The van der Waals surface area contributed by atoms with E-state index < -0.39 is 5.97 Å². The molecule has 1 aliphatic heterocycles. The fourth-order valence-electron chi connectivity index (χ4n) is 1.99. The molecular formula is C12H12N2O3. The maximum atomic E-state index is 10.8. The van der Waals surface area contributed by atoms with Gasteiger partial charge in [0.05, 0.1) is 35.6 Å². The molecule has 88 valence electrons. The molecule has 0 radical (unpaired) electrons. The molecule has 3 rings (SSSR count). The number of carboxylic acids is 1. The average molecular weight is 232 g/mol. The second-order valence-electron chi connectivity index (χ2n) is 4.19. The summed E-state index contributed by atoms with van der Waals surface area (Å²) in [7, 11) is 0. The minimum atomic E-state index is -0.927. The van der Waals surface area contributed by atoms with Crippen LogP contribution < -0.4 is 0 Å². The highest BCUT2D eigenvalue weighted by Gasteiger charge is 2.19. The number of rotatable bonds is 3. The van der Waals surface area contributed by atoms with Gasteiger partial charge in [0.1, 0.15) is 0 Å². The van der Waals surface area contributed by atoms with Crippen LogP contribution >= 0.6 is 0 Å². The second-order valence-corrected chi connectivity index (χ2v) is 4.19. The molecule has 2 heterocycles. The first-order valence-electron chi connectivity index (χ1n) is 5.54. The molecule has 1 fully saturated rings. The average Bonchev–Trinajstić information content (AvgIpc) is 2.65. The zero-order chi connectivity index (χ0) is 11.8. The van der Waals surface area contributed by atoms with Crippen molar-refractivity contribution >= 4 is 17.0 Å². The second kappa shape index (κ2) is 3.85. The molecule has 1 atom stereocenters. The van der Waals surface area contributed by atoms with Gasteiger partial charge in [0.15, 0.2) is 0 Å². The van der Waals surface area contributed by atoms with Crippen LogP contribution in [0.25, 0.3) is 11.0 Å². The number of aromatic carboxylic acids is 1. The molecule has 0 unspecified atom stereocenters. The predicted molar refractivity (Wildman–Crippen MR) is 61.0 cm³/mol. The number of hydrogen-bond donors (Lipinski definition) is 1. The Morgan fingerprint density at radius 1 is 1.59 bits per heavy atom. The number of hydrogen-bond acceptors (Lipinski definition) is 3. The van der Waals surface area contributed by atoms with Gasteiger partial charge in [-0.3, -0.25) is 0 Å². The predicted octanol–water partition coefficient (Wildman–Crippen LogP) is 1.52. The Balaban J connectivity index is 1.95. The molecule has 17 heavy (non-hydrogen) atoms. The van der Waals surface area contributed by atoms with Gasteiger partial charge in [-0.25, -0.2) is 9.78 Å². The first-order valence-corrected chi connectivity index (χ1v) is 5.54. The van der Waals surface area contributed by atoms with Gasteiger partial charge in [0.25, 0.3) is 0 Å². The highest BCUT2D eigenvalue weighted by molar-refractivity contribution is 5.92. The van der Waals surface area contributed by atoms with E-state index in [9.17, 15) is 4.79 Å². The summed E-state index contributed by atoms with van der Waals surface area (Å²) in [6.45, 7) is 1.61. The third kappa shape index (κ3) is 1.78. The fraction of sp³-hybridized carbons (Fsp3) is 0.333. The lowest BCUT2D eigenvalue weighted by molar-refractivity contribution is -0.0586. The minimum Gasteiger partial charge on any atom is -0.478 e. The molecule has 5 nitrogen and oxygen atoms in total. The Kier molecular flexibility index (Phi) is 2.33. The number of aromatic nitrogens is 2. The van der Waals surface area contributed by atoms with E-state index in [4.69, 9.17) is 9.84 Å². The summed E-state index contributed by atoms with van der Waals surface area (Å²) in [6.07, 6.45) is 3.08. The van der Waals surface area contributed by atoms with Crippen LogP contribution in [0.1, 0.15) is 16.8 Å². The van der Waals surface area contributed by atoms with Crippen LogP contribution in [0.4, 0.5) is 0 Å². The largest absolute Gasteiger partial charge is 0.478 e. The van der Waals surface area contributed by atoms with Crippen LogP contribution in [0.15, 0.2) is 24.5 Å². The van der Waals surface area contributed by atoms with Gasteiger partial charge in [-0.15, -0.1) is 0 Å². The number of benzene rings is 1. The molecule has 0 bridgehead atoms. The van der Waals surface area contributed by atoms with Gasteiger partial charge in [-0.1, -0.05) is 0 Å². The number of nitrogens with zero attached hydrogens (tertiary/aromatic N) is 2. The standard InChI is InChI=1S/C12H12N2O3/c15-12(16)8-1-2-11-10(5-8)13-7-14(11)6-9-3-4-17-9/h1-2,5,7,9H,3-4,6H2,(H,15,16)/t9-/m0/s1. The van der Waals surface area contributed by atoms with Crippen LogP contribution in [0.5, 0.6) is 0 Å². The summed E-state index contributed by atoms with van der Waals surface area (Å²) in [4.78, 5) is 15.0. The molecule has 0 aliphatic carbocycles. The van der Waals surface area contributed by atoms with Crippen molar-refractivity contribution in [2.45, 2.75) is 19.1 Å². The highest BCUT2D eigenvalue weighted by Crippen LogP contribution is 2.19. The maximum Gasteiger partial charge on any atom is 0.335 e. The molecule has 1 N–H and O–H groups in total. The van der Waals surface area contributed by atoms with E-state index in [0.717, 1.165) is 25.1 Å². The van der Waals surface area contributed by atoms with E-state index in [1.54, 1.807) is 24.5 Å². The van der Waals surface area contributed by atoms with E-state index >= 15 is 0 Å². The molecule has 0 amide bonds. The minimum absolute atomic E-state index is 0.266. The number of imidazole rings is 1. The fourth-order valence-corrected chi connectivity index (χ4v) is 1.99. The quantitative estimate of drug-likeness (QED) is 0.871. The van der Waals surface area contributed by atoms with Crippen molar-refractivity contribution in [2.75, 3.05) is 6.61 Å². The van der Waals surface area contributed by atoms with Crippen LogP contribution in [0.2, 0.25) is 0 Å². The molecule has 1 aliphatic rings. The summed E-state index contributed by atoms with van der Waals surface area (Å²) in [5, 5.41) is 8.89. The van der Waals surface area contributed by atoms with Gasteiger partial charge in [-0.2, -0.15) is 0 Å². The SMILES string of the molecule is O=C(O)c1ccc2c(c1)ncn2C[C@@H]1CCO1. The first kappa shape index (κ1) is 10.3. The third-order valence-electron chi connectivity index (χ3n) is 3.06. The summed E-state index contributed by atoms with van der Waals surface area (Å²) in [5.74, 6) is -0.927. The topological polar surface area (TPSA) is 64.3 Å². The Hall–Kier alpha value is -1.88. The van der Waals surface area contributed by atoms with Crippen molar-refractivity contribution in [3.63, 3.8) is 0 Å². The van der Waals surface area contributed by atoms with Crippen LogP contribution in [0.3, 0.4) is 0 Å². The van der Waals surface area contributed by atoms with Crippen molar-refractivity contribution in [1.29, 1.82) is 0 Å². The number of carbonyl (C=O) groups is 1. The lowest BCUT2D eigenvalue weighted by Gasteiger charge is -2.26. The molecule has 2 aromatic rings. The van der Waals surface area contributed by atoms with E-state index in [1.165, 1.54) is 0 Å². The van der Waals surface area contributed by atoms with E-state index in [2.05, 4.69) is 4.98 Å². The monoisotopic (exact) mass is 232 g/mol. The normalized spacial score (nSPS) is 19.2. The van der Waals surface area contributed by atoms with E-state index in [-0.39, 0.29) is 11.7 Å². The van der Waals surface area contributed by atoms with Crippen molar-refractivity contribution in [1.82, 2.24) is 9.55 Å². The number of ether oxygens (including phenoxy) is 1. The number of fused-ring (bicyclic) bond motifs is 1. The Morgan fingerprint density at radius 2 is 2.41 bits per heavy atom. The van der Waals surface area contributed by atoms with Crippen LogP contribution in [-0.4, -0.2) is 33.3 Å². The van der Waals surface area contributed by atoms with Gasteiger partial charge in [0.2, 0.25) is 0 Å². The van der Waals surface area contributed by atoms with Gasteiger partial charge in [-0.05, 0) is 24.6 Å². The van der Waals surface area contributed by atoms with E-state index in [0.29, 0.717) is 5.52 Å². The Labute approximate surface area is 97.6 Å². The van der Waals surface area contributed by atoms with Crippen molar-refractivity contribution in [3.05, 3.63) is 30.1 Å². The lowest BCUT2D eigenvalue weighted by atomic mass is 10.1. The molecule has 1 aromatic carbocycles. The Morgan fingerprint density at radius 3 is 3.06 bits per heavy atom. The van der Waals surface area contributed by atoms with Crippen molar-refractivity contribution in [3.8, 4) is 0 Å². The molecule has 5 heteroatoms. The Bertz CT molecular complexity index is 572. The molecule has 1 aromatic heterocycles. The zero-order valence-corrected chi connectivity index (χ0v) is 9.17. The first-order chi connectivity index (χ1) is 8.24. The summed E-state index contributed by atoms with van der Waals surface area (Å²) in [6, 6.07) is 4.99. The van der Waals surface area contributed by atoms with E-state index in [1.807, 2.05) is 4.57 Å². The molecule has 0 spiro atoms. The smallest absolute Gasteiger partial charge is 0.335 e.